The SMILES string of the molecule is CCCCC(=O)NC.CNC(C)=O. The summed E-state index contributed by atoms with van der Waals surface area (Å²) in [5.74, 6) is 0.150. The van der Waals surface area contributed by atoms with Crippen molar-refractivity contribution in [1.82, 2.24) is 10.6 Å². The predicted molar refractivity (Wildman–Crippen MR) is 53.3 cm³/mol. The summed E-state index contributed by atoms with van der Waals surface area (Å²) in [6.45, 7) is 3.54. The Hall–Kier alpha value is -1.06. The van der Waals surface area contributed by atoms with Gasteiger partial charge in [-0.25, -0.2) is 0 Å². The van der Waals surface area contributed by atoms with Gasteiger partial charge >= 0.3 is 0 Å². The summed E-state index contributed by atoms with van der Waals surface area (Å²) in [7, 11) is 3.26. The second-order valence-electron chi connectivity index (χ2n) is 2.58. The zero-order valence-electron chi connectivity index (χ0n) is 8.94. The minimum atomic E-state index is 0.00463. The van der Waals surface area contributed by atoms with Gasteiger partial charge < -0.3 is 10.6 Å². The zero-order chi connectivity index (χ0) is 10.7. The molecular weight excluding hydrogens is 168 g/mol. The fourth-order valence-corrected chi connectivity index (χ4v) is 0.462. The molecule has 0 spiro atoms. The highest BCUT2D eigenvalue weighted by Gasteiger charge is 1.92. The van der Waals surface area contributed by atoms with E-state index < -0.39 is 0 Å². The summed E-state index contributed by atoms with van der Waals surface area (Å²) < 4.78 is 0. The molecule has 0 saturated carbocycles. The molecule has 0 rings (SSSR count). The summed E-state index contributed by atoms with van der Waals surface area (Å²) in [5.41, 5.74) is 0. The van der Waals surface area contributed by atoms with Crippen molar-refractivity contribution in [2.75, 3.05) is 14.1 Å². The fraction of sp³-hybridized carbons (Fsp3) is 0.778. The second kappa shape index (κ2) is 10.9. The molecule has 4 heteroatoms. The highest BCUT2D eigenvalue weighted by Crippen LogP contribution is 1.91. The van der Waals surface area contributed by atoms with Crippen molar-refractivity contribution < 1.29 is 9.59 Å². The first-order chi connectivity index (χ1) is 6.08. The number of unbranched alkanes of at least 4 members (excludes halogenated alkanes) is 1. The Bertz CT molecular complexity index is 147. The van der Waals surface area contributed by atoms with Crippen molar-refractivity contribution in [2.45, 2.75) is 33.1 Å². The number of rotatable bonds is 3. The lowest BCUT2D eigenvalue weighted by molar-refractivity contribution is -0.121. The lowest BCUT2D eigenvalue weighted by Gasteiger charge is -1.94. The summed E-state index contributed by atoms with van der Waals surface area (Å²) in [4.78, 5) is 20.2. The number of nitrogens with one attached hydrogen (secondary N) is 2. The Morgan fingerprint density at radius 3 is 1.85 bits per heavy atom. The maximum atomic E-state index is 10.5. The first kappa shape index (κ1) is 14.5. The largest absolute Gasteiger partial charge is 0.359 e. The van der Waals surface area contributed by atoms with Gasteiger partial charge in [0.1, 0.15) is 0 Å². The van der Waals surface area contributed by atoms with E-state index in [0.29, 0.717) is 6.42 Å². The van der Waals surface area contributed by atoms with Crippen LogP contribution in [0, 0.1) is 0 Å². The molecule has 0 aliphatic heterocycles. The quantitative estimate of drug-likeness (QED) is 0.684. The van der Waals surface area contributed by atoms with Crippen LogP contribution in [0.2, 0.25) is 0 Å². The van der Waals surface area contributed by atoms with Crippen LogP contribution < -0.4 is 10.6 Å². The number of carbonyl (C=O) groups is 2. The average molecular weight is 188 g/mol. The van der Waals surface area contributed by atoms with Crippen LogP contribution >= 0.6 is 0 Å². The van der Waals surface area contributed by atoms with Crippen LogP contribution in [0.15, 0.2) is 0 Å². The monoisotopic (exact) mass is 188 g/mol. The molecule has 0 aliphatic rings. The van der Waals surface area contributed by atoms with E-state index in [1.54, 1.807) is 14.1 Å². The minimum absolute atomic E-state index is 0.00463. The number of hydrogen-bond acceptors (Lipinski definition) is 2. The molecule has 2 amide bonds. The lowest BCUT2D eigenvalue weighted by atomic mass is 10.2. The molecule has 0 bridgehead atoms. The zero-order valence-corrected chi connectivity index (χ0v) is 8.94. The molecule has 0 aromatic heterocycles. The third-order valence-corrected chi connectivity index (χ3v) is 1.39. The third kappa shape index (κ3) is 18.2. The smallest absolute Gasteiger partial charge is 0.219 e. The van der Waals surface area contributed by atoms with Crippen LogP contribution in [0.1, 0.15) is 33.1 Å². The Kier molecular flexibility index (Phi) is 12.2. The van der Waals surface area contributed by atoms with E-state index in [1.165, 1.54) is 6.92 Å². The molecule has 2 N–H and O–H groups in total. The van der Waals surface area contributed by atoms with Crippen molar-refractivity contribution in [3.05, 3.63) is 0 Å². The summed E-state index contributed by atoms with van der Waals surface area (Å²) in [6.07, 6.45) is 2.76. The van der Waals surface area contributed by atoms with E-state index in [-0.39, 0.29) is 11.8 Å². The Morgan fingerprint density at radius 1 is 1.15 bits per heavy atom. The van der Waals surface area contributed by atoms with Gasteiger partial charge in [-0.3, -0.25) is 9.59 Å². The van der Waals surface area contributed by atoms with E-state index in [4.69, 9.17) is 0 Å². The van der Waals surface area contributed by atoms with Crippen LogP contribution in [0.3, 0.4) is 0 Å². The number of amides is 2. The van der Waals surface area contributed by atoms with Gasteiger partial charge in [0.2, 0.25) is 11.8 Å². The van der Waals surface area contributed by atoms with E-state index in [0.717, 1.165) is 12.8 Å². The third-order valence-electron chi connectivity index (χ3n) is 1.39. The molecule has 0 aromatic carbocycles. The molecule has 13 heavy (non-hydrogen) atoms. The van der Waals surface area contributed by atoms with Gasteiger partial charge in [0.15, 0.2) is 0 Å². The van der Waals surface area contributed by atoms with Gasteiger partial charge in [-0.1, -0.05) is 13.3 Å². The van der Waals surface area contributed by atoms with Crippen molar-refractivity contribution >= 4 is 11.8 Å². The van der Waals surface area contributed by atoms with Crippen LogP contribution in [-0.2, 0) is 9.59 Å². The molecule has 0 aromatic rings. The van der Waals surface area contributed by atoms with Crippen LogP contribution in [0.25, 0.3) is 0 Å². The van der Waals surface area contributed by atoms with Gasteiger partial charge in [-0.2, -0.15) is 0 Å². The van der Waals surface area contributed by atoms with E-state index in [1.807, 2.05) is 0 Å². The maximum Gasteiger partial charge on any atom is 0.219 e. The highest BCUT2D eigenvalue weighted by atomic mass is 16.2. The molecule has 0 saturated heterocycles. The standard InChI is InChI=1S/C6H13NO.C3H7NO/c1-3-4-5-6(8)7-2;1-3(5)4-2/h3-5H2,1-2H3,(H,7,8);1-2H3,(H,4,5). The normalized spacial score (nSPS) is 8.00. The average Bonchev–Trinajstić information content (AvgIpc) is 2.15. The maximum absolute atomic E-state index is 10.5. The minimum Gasteiger partial charge on any atom is -0.359 e. The molecule has 78 valence electrons. The van der Waals surface area contributed by atoms with Gasteiger partial charge in [0.25, 0.3) is 0 Å². The fourth-order valence-electron chi connectivity index (χ4n) is 0.462. The molecule has 0 aliphatic carbocycles. The predicted octanol–water partition coefficient (Wildman–Crippen LogP) is 0.675. The first-order valence-corrected chi connectivity index (χ1v) is 4.47. The molecule has 0 atom stereocenters. The van der Waals surface area contributed by atoms with Gasteiger partial charge in [0, 0.05) is 27.4 Å². The Balaban J connectivity index is 0. The molecular formula is C9H20N2O2. The van der Waals surface area contributed by atoms with Crippen molar-refractivity contribution in [1.29, 1.82) is 0 Å². The molecule has 0 radical (unpaired) electrons. The molecule has 0 fully saturated rings. The summed E-state index contributed by atoms with van der Waals surface area (Å²) >= 11 is 0. The van der Waals surface area contributed by atoms with Gasteiger partial charge in [-0.15, -0.1) is 0 Å². The van der Waals surface area contributed by atoms with Crippen LogP contribution in [0.5, 0.6) is 0 Å². The first-order valence-electron chi connectivity index (χ1n) is 4.47. The van der Waals surface area contributed by atoms with Gasteiger partial charge in [-0.05, 0) is 6.42 Å². The summed E-state index contributed by atoms with van der Waals surface area (Å²) in [6, 6.07) is 0. The molecule has 0 heterocycles. The number of carbonyl (C=O) groups excluding carboxylic acids is 2. The van der Waals surface area contributed by atoms with Crippen molar-refractivity contribution in [3.63, 3.8) is 0 Å². The highest BCUT2D eigenvalue weighted by molar-refractivity contribution is 5.75. The van der Waals surface area contributed by atoms with E-state index >= 15 is 0 Å². The summed E-state index contributed by atoms with van der Waals surface area (Å²) in [5, 5.41) is 4.95. The van der Waals surface area contributed by atoms with E-state index in [2.05, 4.69) is 17.6 Å². The van der Waals surface area contributed by atoms with Crippen LogP contribution in [0.4, 0.5) is 0 Å². The Labute approximate surface area is 80.1 Å². The lowest BCUT2D eigenvalue weighted by Crippen LogP contribution is -2.16. The molecule has 0 unspecified atom stereocenters. The van der Waals surface area contributed by atoms with E-state index in [9.17, 15) is 9.59 Å². The topological polar surface area (TPSA) is 58.2 Å². The van der Waals surface area contributed by atoms with Crippen LogP contribution in [-0.4, -0.2) is 25.9 Å². The second-order valence-corrected chi connectivity index (χ2v) is 2.58. The Morgan fingerprint density at radius 2 is 1.62 bits per heavy atom. The number of hydrogen-bond donors (Lipinski definition) is 2. The van der Waals surface area contributed by atoms with Crippen molar-refractivity contribution in [3.8, 4) is 0 Å². The van der Waals surface area contributed by atoms with Gasteiger partial charge in [0.05, 0.1) is 0 Å². The van der Waals surface area contributed by atoms with Crippen molar-refractivity contribution in [2.24, 2.45) is 0 Å². The molecule has 4 nitrogen and oxygen atoms in total.